The third-order valence-electron chi connectivity index (χ3n) is 3.53. The van der Waals surface area contributed by atoms with Gasteiger partial charge in [-0.2, -0.15) is 0 Å². The van der Waals surface area contributed by atoms with Crippen molar-refractivity contribution in [3.05, 3.63) is 35.9 Å². The Kier molecular flexibility index (Phi) is 3.39. The first kappa shape index (κ1) is 11.3. The van der Waals surface area contributed by atoms with E-state index < -0.39 is 0 Å². The van der Waals surface area contributed by atoms with E-state index in [1.54, 1.807) is 0 Å². The van der Waals surface area contributed by atoms with E-state index in [0.717, 1.165) is 25.9 Å². The lowest BCUT2D eigenvalue weighted by Gasteiger charge is -2.20. The van der Waals surface area contributed by atoms with Crippen molar-refractivity contribution in [2.75, 3.05) is 13.1 Å². The van der Waals surface area contributed by atoms with Gasteiger partial charge in [0.25, 0.3) is 0 Å². The maximum Gasteiger partial charge on any atom is 0.140 e. The highest BCUT2D eigenvalue weighted by molar-refractivity contribution is 5.85. The van der Waals surface area contributed by atoms with E-state index in [0.29, 0.717) is 12.2 Å². The first-order valence-corrected chi connectivity index (χ1v) is 5.99. The molecule has 1 aliphatic heterocycles. The van der Waals surface area contributed by atoms with Crippen molar-refractivity contribution in [2.45, 2.75) is 26.2 Å². The Morgan fingerprint density at radius 2 is 2.12 bits per heavy atom. The van der Waals surface area contributed by atoms with E-state index in [1.165, 1.54) is 5.56 Å². The molecule has 0 saturated carbocycles. The van der Waals surface area contributed by atoms with Crippen LogP contribution in [-0.2, 0) is 11.2 Å². The van der Waals surface area contributed by atoms with Gasteiger partial charge in [0.15, 0.2) is 0 Å². The van der Waals surface area contributed by atoms with Crippen LogP contribution < -0.4 is 5.32 Å². The van der Waals surface area contributed by atoms with Crippen molar-refractivity contribution in [3.63, 3.8) is 0 Å². The van der Waals surface area contributed by atoms with Crippen LogP contribution in [0.25, 0.3) is 0 Å². The number of rotatable bonds is 4. The van der Waals surface area contributed by atoms with Crippen LogP contribution in [-0.4, -0.2) is 18.9 Å². The standard InChI is InChI=1S/C14H19NO/c1-14(9-10-15-11-14)13(16)8-7-12-5-3-2-4-6-12/h2-6,15H,7-11H2,1H3. The molecule has 0 aromatic heterocycles. The third-order valence-corrected chi connectivity index (χ3v) is 3.53. The fourth-order valence-electron chi connectivity index (χ4n) is 2.26. The largest absolute Gasteiger partial charge is 0.316 e. The quantitative estimate of drug-likeness (QED) is 0.837. The fraction of sp³-hybridized carbons (Fsp3) is 0.500. The lowest BCUT2D eigenvalue weighted by Crippen LogP contribution is -2.30. The van der Waals surface area contributed by atoms with Gasteiger partial charge in [-0.05, 0) is 24.9 Å². The maximum absolute atomic E-state index is 12.1. The summed E-state index contributed by atoms with van der Waals surface area (Å²) < 4.78 is 0. The molecule has 2 nitrogen and oxygen atoms in total. The molecule has 2 rings (SSSR count). The topological polar surface area (TPSA) is 29.1 Å². The summed E-state index contributed by atoms with van der Waals surface area (Å²) in [5.74, 6) is 0.404. The maximum atomic E-state index is 12.1. The minimum atomic E-state index is -0.116. The molecule has 1 unspecified atom stereocenters. The molecule has 0 aliphatic carbocycles. The molecule has 0 spiro atoms. The highest BCUT2D eigenvalue weighted by Crippen LogP contribution is 2.27. The summed E-state index contributed by atoms with van der Waals surface area (Å²) in [5, 5.41) is 3.27. The Bertz CT molecular complexity index is 352. The molecule has 1 saturated heterocycles. The van der Waals surface area contributed by atoms with Crippen molar-refractivity contribution in [3.8, 4) is 0 Å². The number of hydrogen-bond acceptors (Lipinski definition) is 2. The molecule has 86 valence electrons. The number of ketones is 1. The molecule has 16 heavy (non-hydrogen) atoms. The summed E-state index contributed by atoms with van der Waals surface area (Å²) in [6.45, 7) is 3.91. The number of benzene rings is 1. The second kappa shape index (κ2) is 4.79. The van der Waals surface area contributed by atoms with Gasteiger partial charge in [-0.15, -0.1) is 0 Å². The minimum Gasteiger partial charge on any atom is -0.316 e. The van der Waals surface area contributed by atoms with E-state index in [9.17, 15) is 4.79 Å². The lowest BCUT2D eigenvalue weighted by molar-refractivity contribution is -0.126. The zero-order chi connectivity index (χ0) is 11.4. The number of hydrogen-bond donors (Lipinski definition) is 1. The van der Waals surface area contributed by atoms with E-state index in [4.69, 9.17) is 0 Å². The second-order valence-corrected chi connectivity index (χ2v) is 4.90. The van der Waals surface area contributed by atoms with Crippen LogP contribution >= 0.6 is 0 Å². The highest BCUT2D eigenvalue weighted by atomic mass is 16.1. The first-order valence-electron chi connectivity index (χ1n) is 5.99. The summed E-state index contributed by atoms with van der Waals surface area (Å²) >= 11 is 0. The zero-order valence-corrected chi connectivity index (χ0v) is 9.83. The highest BCUT2D eigenvalue weighted by Gasteiger charge is 2.35. The van der Waals surface area contributed by atoms with Gasteiger partial charge in [0.2, 0.25) is 0 Å². The van der Waals surface area contributed by atoms with Crippen LogP contribution in [0.2, 0.25) is 0 Å². The van der Waals surface area contributed by atoms with Crippen LogP contribution in [0, 0.1) is 5.41 Å². The number of Topliss-reactive ketones (excluding diaryl/α,β-unsaturated/α-hetero) is 1. The first-order chi connectivity index (χ1) is 7.71. The summed E-state index contributed by atoms with van der Waals surface area (Å²) in [6.07, 6.45) is 2.53. The van der Waals surface area contributed by atoms with Crippen LogP contribution in [0.15, 0.2) is 30.3 Å². The van der Waals surface area contributed by atoms with Crippen molar-refractivity contribution in [1.82, 2.24) is 5.32 Å². The molecular weight excluding hydrogens is 198 g/mol. The predicted molar refractivity (Wildman–Crippen MR) is 65.4 cm³/mol. The lowest BCUT2D eigenvalue weighted by atomic mass is 9.82. The van der Waals surface area contributed by atoms with Crippen molar-refractivity contribution < 1.29 is 4.79 Å². The Labute approximate surface area is 97.1 Å². The second-order valence-electron chi connectivity index (χ2n) is 4.90. The smallest absolute Gasteiger partial charge is 0.140 e. The number of aryl methyl sites for hydroxylation is 1. The molecule has 0 bridgehead atoms. The normalized spacial score (nSPS) is 24.6. The molecule has 1 aromatic rings. The Hall–Kier alpha value is -1.15. The SMILES string of the molecule is CC1(C(=O)CCc2ccccc2)CCNC1. The van der Waals surface area contributed by atoms with Crippen LogP contribution in [0.5, 0.6) is 0 Å². The van der Waals surface area contributed by atoms with E-state index in [-0.39, 0.29) is 5.41 Å². The third kappa shape index (κ3) is 2.50. The molecule has 1 N–H and O–H groups in total. The van der Waals surface area contributed by atoms with Crippen LogP contribution in [0.4, 0.5) is 0 Å². The average Bonchev–Trinajstić information content (AvgIpc) is 2.76. The molecule has 2 heteroatoms. The number of carbonyl (C=O) groups is 1. The molecule has 1 atom stereocenters. The Morgan fingerprint density at radius 1 is 1.38 bits per heavy atom. The number of nitrogens with one attached hydrogen (secondary N) is 1. The molecule has 1 fully saturated rings. The monoisotopic (exact) mass is 217 g/mol. The van der Waals surface area contributed by atoms with Crippen molar-refractivity contribution >= 4 is 5.78 Å². The summed E-state index contributed by atoms with van der Waals surface area (Å²) in [7, 11) is 0. The molecule has 0 radical (unpaired) electrons. The molecule has 1 aliphatic rings. The van der Waals surface area contributed by atoms with E-state index in [2.05, 4.69) is 24.4 Å². The summed E-state index contributed by atoms with van der Waals surface area (Å²) in [6, 6.07) is 10.2. The summed E-state index contributed by atoms with van der Waals surface area (Å²) in [4.78, 5) is 12.1. The van der Waals surface area contributed by atoms with Gasteiger partial charge in [0, 0.05) is 18.4 Å². The van der Waals surface area contributed by atoms with Gasteiger partial charge in [-0.25, -0.2) is 0 Å². The average molecular weight is 217 g/mol. The van der Waals surface area contributed by atoms with Crippen LogP contribution in [0.1, 0.15) is 25.3 Å². The zero-order valence-electron chi connectivity index (χ0n) is 9.83. The van der Waals surface area contributed by atoms with Gasteiger partial charge in [-0.1, -0.05) is 37.3 Å². The van der Waals surface area contributed by atoms with Crippen LogP contribution in [0.3, 0.4) is 0 Å². The van der Waals surface area contributed by atoms with E-state index in [1.807, 2.05) is 18.2 Å². The van der Waals surface area contributed by atoms with Gasteiger partial charge < -0.3 is 5.32 Å². The molecule has 1 aromatic carbocycles. The van der Waals surface area contributed by atoms with Gasteiger partial charge in [0.05, 0.1) is 0 Å². The Morgan fingerprint density at radius 3 is 2.75 bits per heavy atom. The van der Waals surface area contributed by atoms with Gasteiger partial charge in [0.1, 0.15) is 5.78 Å². The van der Waals surface area contributed by atoms with Crippen molar-refractivity contribution in [2.24, 2.45) is 5.41 Å². The van der Waals surface area contributed by atoms with Gasteiger partial charge >= 0.3 is 0 Å². The molecule has 0 amide bonds. The molecular formula is C14H19NO. The molecule has 1 heterocycles. The van der Waals surface area contributed by atoms with Gasteiger partial charge in [-0.3, -0.25) is 4.79 Å². The predicted octanol–water partition coefficient (Wildman–Crippen LogP) is 2.19. The fourth-order valence-corrected chi connectivity index (χ4v) is 2.26. The summed E-state index contributed by atoms with van der Waals surface area (Å²) in [5.41, 5.74) is 1.14. The van der Waals surface area contributed by atoms with Crippen molar-refractivity contribution in [1.29, 1.82) is 0 Å². The number of carbonyl (C=O) groups excluding carboxylic acids is 1. The minimum absolute atomic E-state index is 0.116. The Balaban J connectivity index is 1.89. The van der Waals surface area contributed by atoms with E-state index >= 15 is 0 Å².